The van der Waals surface area contributed by atoms with Crippen LogP contribution >= 0.6 is 69.6 Å². The number of carbonyl (C=O) groups is 2. The molecule has 122 valence electrons. The van der Waals surface area contributed by atoms with Gasteiger partial charge in [-0.05, 0) is 12.8 Å². The third kappa shape index (κ3) is 5.33. The number of carbonyl (C=O) groups excluding carboxylic acids is 2. The lowest BCUT2D eigenvalue weighted by molar-refractivity contribution is -0.153. The molecular formula is C13H10Cl6O3. The quantitative estimate of drug-likeness (QED) is 0.194. The molecule has 0 bridgehead atoms. The van der Waals surface area contributed by atoms with E-state index < -0.39 is 0 Å². The molecule has 3 nitrogen and oxygen atoms in total. The fourth-order valence-electron chi connectivity index (χ4n) is 1.84. The fourth-order valence-corrected chi connectivity index (χ4v) is 2.75. The van der Waals surface area contributed by atoms with Gasteiger partial charge >= 0.3 is 11.9 Å². The van der Waals surface area contributed by atoms with Crippen molar-refractivity contribution >= 4 is 81.5 Å². The minimum absolute atomic E-state index is 0.000602. The topological polar surface area (TPSA) is 43.4 Å². The predicted molar refractivity (Wildman–Crippen MR) is 90.5 cm³/mol. The zero-order valence-electron chi connectivity index (χ0n) is 10.9. The van der Waals surface area contributed by atoms with E-state index in [9.17, 15) is 9.59 Å². The van der Waals surface area contributed by atoms with Gasteiger partial charge in [-0.3, -0.25) is 9.59 Å². The number of ether oxygens (including phenoxy) is 1. The Morgan fingerprint density at radius 1 is 1.09 bits per heavy atom. The lowest BCUT2D eigenvalue weighted by Gasteiger charge is -2.12. The van der Waals surface area contributed by atoms with Gasteiger partial charge in [-0.1, -0.05) is 70.2 Å². The molecule has 0 aromatic carbocycles. The van der Waals surface area contributed by atoms with Crippen molar-refractivity contribution in [3.63, 3.8) is 0 Å². The number of hydrogen-bond donors (Lipinski definition) is 0. The molecule has 0 saturated carbocycles. The van der Waals surface area contributed by atoms with Crippen molar-refractivity contribution in [3.05, 3.63) is 31.7 Å². The van der Waals surface area contributed by atoms with E-state index in [2.05, 4.69) is 4.74 Å². The van der Waals surface area contributed by atoms with Crippen LogP contribution in [0.1, 0.15) is 12.8 Å². The maximum absolute atomic E-state index is 10.9. The number of fused-ring (bicyclic) bond motifs is 1. The average molecular weight is 427 g/mol. The standard InChI is InChI=1S/C8H8O3.C5H2Cl6/c9-7-5-3-1-2-4-6(5)8(10)11-7;6-1-2(7)3(8)4(9)5(10)11/h1,3,5-6H,2,4H2;1H2. The molecular weight excluding hydrogens is 417 g/mol. The van der Waals surface area contributed by atoms with Gasteiger partial charge in [-0.2, -0.15) is 0 Å². The molecule has 1 heterocycles. The molecule has 2 atom stereocenters. The molecule has 0 spiro atoms. The lowest BCUT2D eigenvalue weighted by atomic mass is 9.86. The fraction of sp³-hybridized carbons (Fsp3) is 0.385. The summed E-state index contributed by atoms with van der Waals surface area (Å²) in [6, 6.07) is 0. The number of esters is 2. The Morgan fingerprint density at radius 2 is 1.73 bits per heavy atom. The Labute approximate surface area is 157 Å². The van der Waals surface area contributed by atoms with Crippen molar-refractivity contribution in [1.82, 2.24) is 0 Å². The average Bonchev–Trinajstić information content (AvgIpc) is 2.81. The van der Waals surface area contributed by atoms with E-state index in [4.69, 9.17) is 69.6 Å². The van der Waals surface area contributed by atoms with Crippen molar-refractivity contribution in [3.8, 4) is 0 Å². The highest BCUT2D eigenvalue weighted by atomic mass is 35.5. The lowest BCUT2D eigenvalue weighted by Crippen LogP contribution is -2.17. The summed E-state index contributed by atoms with van der Waals surface area (Å²) < 4.78 is 4.34. The van der Waals surface area contributed by atoms with Crippen LogP contribution in [0.5, 0.6) is 0 Å². The van der Waals surface area contributed by atoms with Gasteiger partial charge in [0.25, 0.3) is 0 Å². The van der Waals surface area contributed by atoms with Gasteiger partial charge in [0, 0.05) is 0 Å². The maximum atomic E-state index is 10.9. The maximum Gasteiger partial charge on any atom is 0.321 e. The van der Waals surface area contributed by atoms with E-state index in [1.54, 1.807) is 6.08 Å². The second-order valence-corrected chi connectivity index (χ2v) is 6.73. The normalized spacial score (nSPS) is 23.9. The summed E-state index contributed by atoms with van der Waals surface area (Å²) in [7, 11) is 0. The molecule has 0 aromatic rings. The Kier molecular flexibility index (Phi) is 8.62. The molecule has 0 aromatic heterocycles. The summed E-state index contributed by atoms with van der Waals surface area (Å²) in [5.74, 6) is -1.12. The largest absolute Gasteiger partial charge is 0.392 e. The molecule has 0 radical (unpaired) electrons. The Morgan fingerprint density at radius 3 is 2.23 bits per heavy atom. The summed E-state index contributed by atoms with van der Waals surface area (Å²) in [6.07, 6.45) is 5.34. The first-order chi connectivity index (χ1) is 10.3. The van der Waals surface area contributed by atoms with Gasteiger partial charge < -0.3 is 4.74 Å². The molecule has 1 saturated heterocycles. The van der Waals surface area contributed by atoms with Crippen molar-refractivity contribution in [1.29, 1.82) is 0 Å². The van der Waals surface area contributed by atoms with Gasteiger partial charge in [0.05, 0.1) is 32.8 Å². The highest BCUT2D eigenvalue weighted by Gasteiger charge is 2.43. The Bertz CT molecular complexity index is 548. The van der Waals surface area contributed by atoms with Crippen LogP contribution in [0.25, 0.3) is 0 Å². The van der Waals surface area contributed by atoms with Crippen LogP contribution in [0.2, 0.25) is 0 Å². The number of rotatable bonds is 2. The molecule has 2 rings (SSSR count). The van der Waals surface area contributed by atoms with Crippen LogP contribution in [-0.2, 0) is 14.3 Å². The van der Waals surface area contributed by atoms with Gasteiger partial charge in [0.2, 0.25) is 0 Å². The molecule has 1 fully saturated rings. The predicted octanol–water partition coefficient (Wildman–Crippen LogP) is 5.45. The third-order valence-corrected chi connectivity index (χ3v) is 5.20. The monoisotopic (exact) mass is 424 g/mol. The molecule has 0 amide bonds. The first-order valence-corrected chi connectivity index (χ1v) is 8.45. The molecule has 22 heavy (non-hydrogen) atoms. The molecule has 1 aliphatic carbocycles. The molecule has 2 aliphatic rings. The van der Waals surface area contributed by atoms with Gasteiger partial charge in [0.1, 0.15) is 4.49 Å². The van der Waals surface area contributed by atoms with Crippen LogP contribution in [0.3, 0.4) is 0 Å². The zero-order valence-corrected chi connectivity index (χ0v) is 15.5. The second-order valence-electron chi connectivity index (χ2n) is 4.30. The number of hydrogen-bond acceptors (Lipinski definition) is 3. The number of alkyl halides is 1. The van der Waals surface area contributed by atoms with Crippen molar-refractivity contribution < 1.29 is 14.3 Å². The van der Waals surface area contributed by atoms with Crippen molar-refractivity contribution in [2.75, 3.05) is 5.88 Å². The summed E-state index contributed by atoms with van der Waals surface area (Å²) in [5, 5.41) is 0.279. The summed E-state index contributed by atoms with van der Waals surface area (Å²) in [4.78, 5) is 21.9. The summed E-state index contributed by atoms with van der Waals surface area (Å²) in [5.41, 5.74) is 0. The van der Waals surface area contributed by atoms with Crippen LogP contribution in [0.4, 0.5) is 0 Å². The van der Waals surface area contributed by atoms with Crippen LogP contribution in [0, 0.1) is 11.8 Å². The summed E-state index contributed by atoms with van der Waals surface area (Å²) in [6.45, 7) is 0. The van der Waals surface area contributed by atoms with Crippen LogP contribution in [0.15, 0.2) is 31.7 Å². The molecule has 9 heteroatoms. The van der Waals surface area contributed by atoms with E-state index >= 15 is 0 Å². The van der Waals surface area contributed by atoms with Gasteiger partial charge in [0.15, 0.2) is 0 Å². The first kappa shape index (κ1) is 20.1. The van der Waals surface area contributed by atoms with Crippen LogP contribution in [-0.4, -0.2) is 17.8 Å². The number of allylic oxidation sites excluding steroid dienone is 4. The van der Waals surface area contributed by atoms with Crippen molar-refractivity contribution in [2.45, 2.75) is 12.8 Å². The van der Waals surface area contributed by atoms with E-state index in [1.807, 2.05) is 6.08 Å². The van der Waals surface area contributed by atoms with E-state index in [-0.39, 0.29) is 49.2 Å². The van der Waals surface area contributed by atoms with E-state index in [0.717, 1.165) is 12.8 Å². The zero-order chi connectivity index (χ0) is 16.9. The first-order valence-electron chi connectivity index (χ1n) is 6.03. The molecule has 0 N–H and O–H groups in total. The SMILES string of the molecule is ClCC(Cl)=C(Cl)C(Cl)=C(Cl)Cl.O=C1OC(=O)C2CCC=CC12. The third-order valence-electron chi connectivity index (χ3n) is 2.91. The van der Waals surface area contributed by atoms with Crippen molar-refractivity contribution in [2.24, 2.45) is 11.8 Å². The minimum atomic E-state index is -0.379. The van der Waals surface area contributed by atoms with E-state index in [0.29, 0.717) is 0 Å². The van der Waals surface area contributed by atoms with Gasteiger partial charge in [-0.25, -0.2) is 0 Å². The minimum Gasteiger partial charge on any atom is -0.392 e. The smallest absolute Gasteiger partial charge is 0.321 e. The second kappa shape index (κ2) is 9.41. The number of cyclic esters (lactones) is 2. The Hall–Kier alpha value is 0.1000. The molecule has 2 unspecified atom stereocenters. The highest BCUT2D eigenvalue weighted by molar-refractivity contribution is 6.62. The highest BCUT2D eigenvalue weighted by Crippen LogP contribution is 2.32. The molecule has 1 aliphatic heterocycles. The van der Waals surface area contributed by atoms with Gasteiger partial charge in [-0.15, -0.1) is 11.6 Å². The Balaban J connectivity index is 0.000000220. The van der Waals surface area contributed by atoms with Crippen LogP contribution < -0.4 is 0 Å². The van der Waals surface area contributed by atoms with E-state index in [1.165, 1.54) is 0 Å². The number of halogens is 6. The summed E-state index contributed by atoms with van der Waals surface area (Å²) >= 11 is 32.6.